The number of hydrogen-bond acceptors (Lipinski definition) is 3. The van der Waals surface area contributed by atoms with Crippen molar-refractivity contribution in [1.82, 2.24) is 9.97 Å². The minimum Gasteiger partial charge on any atom is -0.326 e. The number of nitrogens with zero attached hydrogens (tertiary/aromatic N) is 2. The van der Waals surface area contributed by atoms with Gasteiger partial charge in [0.15, 0.2) is 5.82 Å². The van der Waals surface area contributed by atoms with Crippen molar-refractivity contribution in [2.24, 2.45) is 5.73 Å². The van der Waals surface area contributed by atoms with Gasteiger partial charge in [-0.2, -0.15) is 0 Å². The smallest absolute Gasteiger partial charge is 0.159 e. The Bertz CT molecular complexity index is 494. The predicted octanol–water partition coefficient (Wildman–Crippen LogP) is 2.05. The predicted molar refractivity (Wildman–Crippen MR) is 60.1 cm³/mol. The summed E-state index contributed by atoms with van der Waals surface area (Å²) in [5.74, 6) is 0.237. The van der Waals surface area contributed by atoms with Crippen LogP contribution in [0.2, 0.25) is 0 Å². The molecule has 0 saturated heterocycles. The molecule has 0 fully saturated rings. The molecule has 1 aromatic heterocycles. The summed E-state index contributed by atoms with van der Waals surface area (Å²) in [7, 11) is 0. The lowest BCUT2D eigenvalue weighted by Crippen LogP contribution is -1.99. The van der Waals surface area contributed by atoms with Gasteiger partial charge in [-0.3, -0.25) is 0 Å². The van der Waals surface area contributed by atoms with Crippen LogP contribution in [0.15, 0.2) is 30.6 Å². The van der Waals surface area contributed by atoms with Gasteiger partial charge in [-0.15, -0.1) is 0 Å². The van der Waals surface area contributed by atoms with Crippen LogP contribution < -0.4 is 5.73 Å². The molecule has 0 bridgehead atoms. The van der Waals surface area contributed by atoms with Gasteiger partial charge in [0.2, 0.25) is 0 Å². The molecule has 2 rings (SSSR count). The van der Waals surface area contributed by atoms with Crippen molar-refractivity contribution in [3.05, 3.63) is 47.5 Å². The highest BCUT2D eigenvalue weighted by molar-refractivity contribution is 5.59. The van der Waals surface area contributed by atoms with E-state index < -0.39 is 0 Å². The Labute approximate surface area is 93.2 Å². The molecule has 0 atom stereocenters. The van der Waals surface area contributed by atoms with E-state index >= 15 is 0 Å². The molecular weight excluding hydrogens is 205 g/mol. The molecule has 0 aliphatic carbocycles. The lowest BCUT2D eigenvalue weighted by molar-refractivity contribution is 0.627. The van der Waals surface area contributed by atoms with Crippen LogP contribution in [-0.4, -0.2) is 9.97 Å². The first-order valence-electron chi connectivity index (χ1n) is 4.98. The summed E-state index contributed by atoms with van der Waals surface area (Å²) < 4.78 is 13.1. The normalized spacial score (nSPS) is 10.4. The Morgan fingerprint density at radius 3 is 2.56 bits per heavy atom. The van der Waals surface area contributed by atoms with Crippen LogP contribution in [0.5, 0.6) is 0 Å². The van der Waals surface area contributed by atoms with Gasteiger partial charge in [0.05, 0.1) is 0 Å². The average Bonchev–Trinajstić information content (AvgIpc) is 2.32. The number of aryl methyl sites for hydroxylation is 1. The molecule has 3 nitrogen and oxygen atoms in total. The minimum absolute atomic E-state index is 0.285. The lowest BCUT2D eigenvalue weighted by atomic mass is 10.1. The average molecular weight is 217 g/mol. The van der Waals surface area contributed by atoms with Crippen molar-refractivity contribution >= 4 is 0 Å². The summed E-state index contributed by atoms with van der Waals surface area (Å²) in [5.41, 5.74) is 7.97. The largest absolute Gasteiger partial charge is 0.326 e. The minimum atomic E-state index is -0.285. The van der Waals surface area contributed by atoms with Crippen molar-refractivity contribution in [3.63, 3.8) is 0 Å². The van der Waals surface area contributed by atoms with Crippen LogP contribution >= 0.6 is 0 Å². The second-order valence-electron chi connectivity index (χ2n) is 3.58. The first-order chi connectivity index (χ1) is 7.70. The third kappa shape index (κ3) is 2.06. The maximum Gasteiger partial charge on any atom is 0.159 e. The summed E-state index contributed by atoms with van der Waals surface area (Å²) in [4.78, 5) is 8.33. The zero-order valence-corrected chi connectivity index (χ0v) is 8.94. The van der Waals surface area contributed by atoms with E-state index in [4.69, 9.17) is 5.73 Å². The van der Waals surface area contributed by atoms with Crippen molar-refractivity contribution < 1.29 is 4.39 Å². The van der Waals surface area contributed by atoms with Gasteiger partial charge in [-0.05, 0) is 24.6 Å². The zero-order valence-electron chi connectivity index (χ0n) is 8.94. The van der Waals surface area contributed by atoms with E-state index in [9.17, 15) is 4.39 Å². The molecule has 0 unspecified atom stereocenters. The number of benzene rings is 1. The standard InChI is InChI=1S/C12H12FN3/c1-8-2-3-10(13)4-11(8)12-15-6-9(5-14)7-16-12/h2-4,6-7H,5,14H2,1H3. The van der Waals surface area contributed by atoms with Crippen molar-refractivity contribution in [2.45, 2.75) is 13.5 Å². The second-order valence-corrected chi connectivity index (χ2v) is 3.58. The molecule has 0 radical (unpaired) electrons. The Morgan fingerprint density at radius 1 is 1.25 bits per heavy atom. The molecule has 0 aliphatic heterocycles. The van der Waals surface area contributed by atoms with E-state index in [0.29, 0.717) is 17.9 Å². The van der Waals surface area contributed by atoms with Crippen LogP contribution in [0.1, 0.15) is 11.1 Å². The summed E-state index contributed by atoms with van der Waals surface area (Å²) >= 11 is 0. The summed E-state index contributed by atoms with van der Waals surface area (Å²) in [6.45, 7) is 2.30. The fourth-order valence-electron chi connectivity index (χ4n) is 1.43. The second kappa shape index (κ2) is 4.37. The fraction of sp³-hybridized carbons (Fsp3) is 0.167. The first kappa shape index (κ1) is 10.7. The molecule has 0 amide bonds. The third-order valence-corrected chi connectivity index (χ3v) is 2.38. The van der Waals surface area contributed by atoms with E-state index in [-0.39, 0.29) is 5.82 Å². The summed E-state index contributed by atoms with van der Waals surface area (Å²) in [6, 6.07) is 4.57. The molecule has 0 spiro atoms. The zero-order chi connectivity index (χ0) is 11.5. The Morgan fingerprint density at radius 2 is 1.94 bits per heavy atom. The van der Waals surface area contributed by atoms with Gasteiger partial charge < -0.3 is 5.73 Å². The van der Waals surface area contributed by atoms with E-state index in [1.165, 1.54) is 12.1 Å². The monoisotopic (exact) mass is 217 g/mol. The van der Waals surface area contributed by atoms with Gasteiger partial charge in [0.25, 0.3) is 0 Å². The van der Waals surface area contributed by atoms with Crippen molar-refractivity contribution in [3.8, 4) is 11.4 Å². The van der Waals surface area contributed by atoms with Gasteiger partial charge in [0.1, 0.15) is 5.82 Å². The SMILES string of the molecule is Cc1ccc(F)cc1-c1ncc(CN)cn1. The molecule has 1 aromatic carbocycles. The number of hydrogen-bond donors (Lipinski definition) is 1. The number of halogens is 1. The van der Waals surface area contributed by atoms with E-state index in [2.05, 4.69) is 9.97 Å². The van der Waals surface area contributed by atoms with Gasteiger partial charge in [-0.1, -0.05) is 6.07 Å². The third-order valence-electron chi connectivity index (χ3n) is 2.38. The lowest BCUT2D eigenvalue weighted by Gasteiger charge is -2.04. The highest BCUT2D eigenvalue weighted by atomic mass is 19.1. The molecular formula is C12H12FN3. The Balaban J connectivity index is 2.45. The maximum atomic E-state index is 13.1. The maximum absolute atomic E-state index is 13.1. The number of nitrogens with two attached hydrogens (primary N) is 1. The number of rotatable bonds is 2. The van der Waals surface area contributed by atoms with E-state index in [1.807, 2.05) is 6.92 Å². The molecule has 0 aliphatic rings. The quantitative estimate of drug-likeness (QED) is 0.837. The molecule has 16 heavy (non-hydrogen) atoms. The molecule has 2 N–H and O–H groups in total. The van der Waals surface area contributed by atoms with E-state index in [1.54, 1.807) is 18.5 Å². The van der Waals surface area contributed by atoms with Gasteiger partial charge in [0, 0.05) is 30.1 Å². The van der Waals surface area contributed by atoms with E-state index in [0.717, 1.165) is 11.1 Å². The van der Waals surface area contributed by atoms with Crippen LogP contribution in [0.4, 0.5) is 4.39 Å². The van der Waals surface area contributed by atoms with Gasteiger partial charge >= 0.3 is 0 Å². The summed E-state index contributed by atoms with van der Waals surface area (Å²) in [6.07, 6.45) is 3.32. The molecule has 82 valence electrons. The Hall–Kier alpha value is -1.81. The molecule has 0 saturated carbocycles. The van der Waals surface area contributed by atoms with Gasteiger partial charge in [-0.25, -0.2) is 14.4 Å². The number of aromatic nitrogens is 2. The topological polar surface area (TPSA) is 51.8 Å². The van der Waals surface area contributed by atoms with Crippen LogP contribution in [0.25, 0.3) is 11.4 Å². The fourth-order valence-corrected chi connectivity index (χ4v) is 1.43. The van der Waals surface area contributed by atoms with Crippen molar-refractivity contribution in [1.29, 1.82) is 0 Å². The molecule has 1 heterocycles. The van der Waals surface area contributed by atoms with Crippen LogP contribution in [-0.2, 0) is 6.54 Å². The summed E-state index contributed by atoms with van der Waals surface area (Å²) in [5, 5.41) is 0. The highest BCUT2D eigenvalue weighted by Gasteiger charge is 2.06. The van der Waals surface area contributed by atoms with Crippen LogP contribution in [0.3, 0.4) is 0 Å². The Kier molecular flexibility index (Phi) is 2.92. The molecule has 4 heteroatoms. The van der Waals surface area contributed by atoms with Crippen molar-refractivity contribution in [2.75, 3.05) is 0 Å². The first-order valence-corrected chi connectivity index (χ1v) is 4.98. The molecule has 2 aromatic rings. The highest BCUT2D eigenvalue weighted by Crippen LogP contribution is 2.20. The van der Waals surface area contributed by atoms with Crippen LogP contribution in [0, 0.1) is 12.7 Å².